The Morgan fingerprint density at radius 3 is 2.76 bits per heavy atom. The first kappa shape index (κ1) is 14.6. The summed E-state index contributed by atoms with van der Waals surface area (Å²) in [6, 6.07) is 1.70. The van der Waals surface area contributed by atoms with E-state index in [1.807, 2.05) is 23.3 Å². The van der Waals surface area contributed by atoms with Gasteiger partial charge in [-0.2, -0.15) is 11.3 Å². The number of carbonyl (C=O) groups is 2. The SMILES string of the molecule is CCCC1NC(=O)C2(CCCC2)N(Cc2ccsc2)C1=O. The van der Waals surface area contributed by atoms with Crippen molar-refractivity contribution in [3.63, 3.8) is 0 Å². The van der Waals surface area contributed by atoms with E-state index in [1.54, 1.807) is 11.3 Å². The van der Waals surface area contributed by atoms with Gasteiger partial charge in [0.1, 0.15) is 11.6 Å². The van der Waals surface area contributed by atoms with Crippen LogP contribution in [0.1, 0.15) is 51.0 Å². The molecule has 0 bridgehead atoms. The maximum absolute atomic E-state index is 12.9. The van der Waals surface area contributed by atoms with Gasteiger partial charge in [-0.3, -0.25) is 9.59 Å². The summed E-state index contributed by atoms with van der Waals surface area (Å²) in [5.41, 5.74) is 0.535. The summed E-state index contributed by atoms with van der Waals surface area (Å²) >= 11 is 1.63. The predicted octanol–water partition coefficient (Wildman–Crippen LogP) is 2.69. The molecule has 5 heteroatoms. The van der Waals surface area contributed by atoms with Crippen LogP contribution in [0.5, 0.6) is 0 Å². The van der Waals surface area contributed by atoms with Gasteiger partial charge in [-0.1, -0.05) is 26.2 Å². The molecule has 1 unspecified atom stereocenters. The number of thiophene rings is 1. The van der Waals surface area contributed by atoms with E-state index in [-0.39, 0.29) is 17.9 Å². The maximum atomic E-state index is 12.9. The number of rotatable bonds is 4. The first-order valence-electron chi connectivity index (χ1n) is 7.81. The lowest BCUT2D eigenvalue weighted by molar-refractivity contribution is -0.158. The topological polar surface area (TPSA) is 49.4 Å². The summed E-state index contributed by atoms with van der Waals surface area (Å²) in [7, 11) is 0. The van der Waals surface area contributed by atoms with Crippen LogP contribution in [0.15, 0.2) is 16.8 Å². The van der Waals surface area contributed by atoms with E-state index in [1.165, 1.54) is 0 Å². The number of amides is 2. The third-order valence-corrected chi connectivity index (χ3v) is 5.47. The molecule has 2 heterocycles. The van der Waals surface area contributed by atoms with Gasteiger partial charge in [-0.05, 0) is 41.7 Å². The van der Waals surface area contributed by atoms with E-state index in [0.717, 1.165) is 44.1 Å². The Morgan fingerprint density at radius 1 is 1.38 bits per heavy atom. The van der Waals surface area contributed by atoms with Crippen LogP contribution in [0.3, 0.4) is 0 Å². The van der Waals surface area contributed by atoms with E-state index in [0.29, 0.717) is 6.54 Å². The fourth-order valence-corrected chi connectivity index (χ4v) is 4.27. The molecule has 0 aromatic carbocycles. The molecule has 21 heavy (non-hydrogen) atoms. The largest absolute Gasteiger partial charge is 0.342 e. The van der Waals surface area contributed by atoms with E-state index in [4.69, 9.17) is 0 Å². The van der Waals surface area contributed by atoms with Crippen molar-refractivity contribution in [1.82, 2.24) is 10.2 Å². The summed E-state index contributed by atoms with van der Waals surface area (Å²) in [6.07, 6.45) is 5.27. The number of carbonyl (C=O) groups excluding carboxylic acids is 2. The predicted molar refractivity (Wildman–Crippen MR) is 82.9 cm³/mol. The zero-order valence-corrected chi connectivity index (χ0v) is 13.2. The minimum atomic E-state index is -0.594. The molecule has 1 aromatic heterocycles. The lowest BCUT2D eigenvalue weighted by atomic mass is 9.88. The van der Waals surface area contributed by atoms with Crippen molar-refractivity contribution in [1.29, 1.82) is 0 Å². The normalized spacial score (nSPS) is 24.6. The molecule has 1 aliphatic heterocycles. The van der Waals surface area contributed by atoms with Gasteiger partial charge in [-0.15, -0.1) is 0 Å². The molecule has 1 atom stereocenters. The van der Waals surface area contributed by atoms with E-state index >= 15 is 0 Å². The Morgan fingerprint density at radius 2 is 2.14 bits per heavy atom. The molecule has 1 spiro atoms. The van der Waals surface area contributed by atoms with Gasteiger partial charge in [0, 0.05) is 6.54 Å². The lowest BCUT2D eigenvalue weighted by Crippen LogP contribution is -2.69. The van der Waals surface area contributed by atoms with Crippen LogP contribution in [-0.4, -0.2) is 28.3 Å². The summed E-state index contributed by atoms with van der Waals surface area (Å²) in [6.45, 7) is 2.61. The first-order valence-corrected chi connectivity index (χ1v) is 8.75. The standard InChI is InChI=1S/C16H22N2O2S/c1-2-5-13-14(19)18(10-12-6-9-21-11-12)16(15(20)17-13)7-3-4-8-16/h6,9,11,13H,2-5,7-8,10H2,1H3,(H,17,20). The average molecular weight is 306 g/mol. The minimum absolute atomic E-state index is 0.0632. The van der Waals surface area contributed by atoms with Crippen molar-refractivity contribution in [2.45, 2.75) is 63.6 Å². The van der Waals surface area contributed by atoms with Crippen molar-refractivity contribution < 1.29 is 9.59 Å². The molecule has 2 amide bonds. The molecule has 1 saturated heterocycles. The highest BCUT2D eigenvalue weighted by Gasteiger charge is 2.53. The van der Waals surface area contributed by atoms with Crippen LogP contribution in [0.25, 0.3) is 0 Å². The fourth-order valence-electron chi connectivity index (χ4n) is 3.61. The minimum Gasteiger partial charge on any atom is -0.342 e. The van der Waals surface area contributed by atoms with Crippen LogP contribution >= 0.6 is 11.3 Å². The second-order valence-corrected chi connectivity index (χ2v) is 6.89. The molecule has 1 aliphatic carbocycles. The number of nitrogens with zero attached hydrogens (tertiary/aromatic N) is 1. The van der Waals surface area contributed by atoms with Crippen LogP contribution in [0.2, 0.25) is 0 Å². The molecular weight excluding hydrogens is 284 g/mol. The zero-order valence-electron chi connectivity index (χ0n) is 12.4. The fraction of sp³-hybridized carbons (Fsp3) is 0.625. The van der Waals surface area contributed by atoms with Crippen LogP contribution < -0.4 is 5.32 Å². The Bertz CT molecular complexity index is 520. The van der Waals surface area contributed by atoms with E-state index in [2.05, 4.69) is 10.7 Å². The summed E-state index contributed by atoms with van der Waals surface area (Å²) in [5, 5.41) is 7.07. The zero-order chi connectivity index (χ0) is 14.9. The molecule has 114 valence electrons. The molecule has 2 aliphatic rings. The smallest absolute Gasteiger partial charge is 0.246 e. The Balaban J connectivity index is 1.91. The van der Waals surface area contributed by atoms with Crippen molar-refractivity contribution in [3.8, 4) is 0 Å². The van der Waals surface area contributed by atoms with Crippen molar-refractivity contribution in [3.05, 3.63) is 22.4 Å². The molecule has 1 aromatic rings. The molecule has 0 radical (unpaired) electrons. The third-order valence-electron chi connectivity index (χ3n) is 4.74. The highest BCUT2D eigenvalue weighted by molar-refractivity contribution is 7.07. The van der Waals surface area contributed by atoms with Crippen molar-refractivity contribution in [2.75, 3.05) is 0 Å². The second-order valence-electron chi connectivity index (χ2n) is 6.11. The van der Waals surface area contributed by atoms with E-state index < -0.39 is 5.54 Å². The number of hydrogen-bond acceptors (Lipinski definition) is 3. The van der Waals surface area contributed by atoms with E-state index in [9.17, 15) is 9.59 Å². The molecule has 1 saturated carbocycles. The average Bonchev–Trinajstić information content (AvgIpc) is 3.14. The molecule has 4 nitrogen and oxygen atoms in total. The van der Waals surface area contributed by atoms with Crippen molar-refractivity contribution >= 4 is 23.2 Å². The summed E-state index contributed by atoms with van der Waals surface area (Å²) in [5.74, 6) is 0.165. The van der Waals surface area contributed by atoms with Crippen LogP contribution in [0, 0.1) is 0 Å². The number of piperazine rings is 1. The second kappa shape index (κ2) is 5.79. The van der Waals surface area contributed by atoms with Crippen LogP contribution in [-0.2, 0) is 16.1 Å². The maximum Gasteiger partial charge on any atom is 0.246 e. The Kier molecular flexibility index (Phi) is 4.02. The monoisotopic (exact) mass is 306 g/mol. The highest BCUT2D eigenvalue weighted by atomic mass is 32.1. The Labute approximate surface area is 129 Å². The van der Waals surface area contributed by atoms with Gasteiger partial charge in [0.2, 0.25) is 11.8 Å². The first-order chi connectivity index (χ1) is 10.2. The van der Waals surface area contributed by atoms with Gasteiger partial charge in [-0.25, -0.2) is 0 Å². The van der Waals surface area contributed by atoms with Gasteiger partial charge in [0.05, 0.1) is 0 Å². The van der Waals surface area contributed by atoms with Gasteiger partial charge < -0.3 is 10.2 Å². The third kappa shape index (κ3) is 2.48. The quantitative estimate of drug-likeness (QED) is 0.930. The molecule has 1 N–H and O–H groups in total. The summed E-state index contributed by atoms with van der Waals surface area (Å²) in [4.78, 5) is 27.4. The molecular formula is C16H22N2O2S. The lowest BCUT2D eigenvalue weighted by Gasteiger charge is -2.46. The molecule has 2 fully saturated rings. The van der Waals surface area contributed by atoms with Gasteiger partial charge in [0.25, 0.3) is 0 Å². The van der Waals surface area contributed by atoms with Crippen molar-refractivity contribution in [2.24, 2.45) is 0 Å². The molecule has 3 rings (SSSR count). The number of hydrogen-bond donors (Lipinski definition) is 1. The Hall–Kier alpha value is -1.36. The van der Waals surface area contributed by atoms with Gasteiger partial charge in [0.15, 0.2) is 0 Å². The van der Waals surface area contributed by atoms with Crippen LogP contribution in [0.4, 0.5) is 0 Å². The van der Waals surface area contributed by atoms with Gasteiger partial charge >= 0.3 is 0 Å². The highest BCUT2D eigenvalue weighted by Crippen LogP contribution is 2.39. The number of nitrogens with one attached hydrogen (secondary N) is 1. The summed E-state index contributed by atoms with van der Waals surface area (Å²) < 4.78 is 0.